The molecule has 8 heavy (non-hydrogen) atoms. The summed E-state index contributed by atoms with van der Waals surface area (Å²) in [5.41, 5.74) is 0. The predicted molar refractivity (Wildman–Crippen MR) is 27.9 cm³/mol. The molecule has 0 fully saturated rings. The van der Waals surface area contributed by atoms with Crippen LogP contribution in [-0.4, -0.2) is 16.6 Å². The molecule has 1 aromatic heterocycles. The molecule has 1 heterocycles. The van der Waals surface area contributed by atoms with Crippen molar-refractivity contribution in [3.63, 3.8) is 0 Å². The highest BCUT2D eigenvalue weighted by molar-refractivity contribution is 5.68. The summed E-state index contributed by atoms with van der Waals surface area (Å²) in [5, 5.41) is 8.37. The van der Waals surface area contributed by atoms with Gasteiger partial charge in [-0.25, -0.2) is 0 Å². The molecule has 1 radical (unpaired) electrons. The number of H-pyrrole nitrogens is 1. The van der Waals surface area contributed by atoms with E-state index in [1.54, 1.807) is 12.3 Å². The molecule has 4 nitrogen and oxygen atoms in total. The number of aromatic amines is 1. The smallest absolute Gasteiger partial charge is 0.301 e. The summed E-state index contributed by atoms with van der Waals surface area (Å²) >= 11 is 0. The first-order chi connectivity index (χ1) is 3.93. The van der Waals surface area contributed by atoms with Crippen LogP contribution >= 0.6 is 0 Å². The van der Waals surface area contributed by atoms with E-state index in [1.165, 1.54) is 6.41 Å². The monoisotopic (exact) mass is 110 g/mol. The lowest BCUT2D eigenvalue weighted by atomic mass is 10.6. The van der Waals surface area contributed by atoms with Crippen LogP contribution in [0.5, 0.6) is 0 Å². The number of hydrogen-bond acceptors (Lipinski definition) is 2. The van der Waals surface area contributed by atoms with E-state index in [-0.39, 0.29) is 0 Å². The average Bonchev–Trinajstić information content (AvgIpc) is 2.19. The summed E-state index contributed by atoms with van der Waals surface area (Å²) in [5.74, 6) is 0.486. The Kier molecular flexibility index (Phi) is 1.27. The minimum absolute atomic E-state index is 0.486. The van der Waals surface area contributed by atoms with Crippen LogP contribution in [0.1, 0.15) is 0 Å². The molecular weight excluding hydrogens is 106 g/mol. The zero-order chi connectivity index (χ0) is 5.82. The zero-order valence-corrected chi connectivity index (χ0v) is 4.01. The molecule has 2 N–H and O–H groups in total. The van der Waals surface area contributed by atoms with Gasteiger partial charge in [0.05, 0.1) is 0 Å². The van der Waals surface area contributed by atoms with E-state index in [9.17, 15) is 4.79 Å². The number of nitrogens with zero attached hydrogens (tertiary/aromatic N) is 1. The van der Waals surface area contributed by atoms with Crippen LogP contribution < -0.4 is 5.32 Å². The Bertz CT molecular complexity index is 158. The summed E-state index contributed by atoms with van der Waals surface area (Å²) in [7, 11) is 0. The van der Waals surface area contributed by atoms with E-state index in [2.05, 4.69) is 15.5 Å². The van der Waals surface area contributed by atoms with Gasteiger partial charge in [0.2, 0.25) is 0 Å². The molecule has 1 rings (SSSR count). The fourth-order valence-corrected chi connectivity index (χ4v) is 0.382. The third-order valence-corrected chi connectivity index (χ3v) is 0.680. The van der Waals surface area contributed by atoms with Gasteiger partial charge in [-0.2, -0.15) is 5.10 Å². The van der Waals surface area contributed by atoms with Gasteiger partial charge in [-0.3, -0.25) is 9.89 Å². The van der Waals surface area contributed by atoms with Gasteiger partial charge in [-0.15, -0.1) is 0 Å². The molecule has 0 bridgehead atoms. The molecule has 0 aliphatic rings. The van der Waals surface area contributed by atoms with Crippen LogP contribution in [0, 0.1) is 0 Å². The molecule has 1 amide bonds. The van der Waals surface area contributed by atoms with Gasteiger partial charge < -0.3 is 5.32 Å². The molecule has 0 saturated heterocycles. The minimum atomic E-state index is 0.486. The maximum absolute atomic E-state index is 9.58. The Morgan fingerprint density at radius 1 is 1.88 bits per heavy atom. The summed E-state index contributed by atoms with van der Waals surface area (Å²) in [4.78, 5) is 9.58. The van der Waals surface area contributed by atoms with E-state index in [4.69, 9.17) is 0 Å². The molecular formula is C4H4N3O. The quantitative estimate of drug-likeness (QED) is 0.522. The summed E-state index contributed by atoms with van der Waals surface area (Å²) in [6, 6.07) is 1.63. The molecule has 0 atom stereocenters. The number of rotatable bonds is 2. The Morgan fingerprint density at radius 2 is 2.75 bits per heavy atom. The second-order valence-electron chi connectivity index (χ2n) is 1.19. The van der Waals surface area contributed by atoms with Crippen molar-refractivity contribution >= 4 is 12.2 Å². The van der Waals surface area contributed by atoms with Crippen LogP contribution in [-0.2, 0) is 4.79 Å². The van der Waals surface area contributed by atoms with Gasteiger partial charge in [0.15, 0.2) is 5.82 Å². The van der Waals surface area contributed by atoms with Gasteiger partial charge in [-0.05, 0) is 0 Å². The SMILES string of the molecule is O=[C]Nc1cc[nH]n1. The zero-order valence-electron chi connectivity index (χ0n) is 4.01. The minimum Gasteiger partial charge on any atom is -0.301 e. The van der Waals surface area contributed by atoms with Gasteiger partial charge in [0, 0.05) is 12.3 Å². The Morgan fingerprint density at radius 3 is 3.25 bits per heavy atom. The third kappa shape index (κ3) is 0.841. The summed E-state index contributed by atoms with van der Waals surface area (Å²) < 4.78 is 0. The molecule has 0 saturated carbocycles. The van der Waals surface area contributed by atoms with E-state index < -0.39 is 0 Å². The molecule has 1 aromatic rings. The van der Waals surface area contributed by atoms with Crippen molar-refractivity contribution in [1.82, 2.24) is 10.2 Å². The number of carbonyl (C=O) groups excluding carboxylic acids is 1. The maximum Gasteiger partial charge on any atom is 0.315 e. The summed E-state index contributed by atoms with van der Waals surface area (Å²) in [6.45, 7) is 0. The van der Waals surface area contributed by atoms with Crippen LogP contribution in [0.2, 0.25) is 0 Å². The molecule has 0 aliphatic heterocycles. The third-order valence-electron chi connectivity index (χ3n) is 0.680. The topological polar surface area (TPSA) is 57.8 Å². The van der Waals surface area contributed by atoms with Crippen LogP contribution in [0.15, 0.2) is 12.3 Å². The second kappa shape index (κ2) is 2.11. The van der Waals surface area contributed by atoms with E-state index in [0.717, 1.165) is 0 Å². The molecule has 0 unspecified atom stereocenters. The Balaban J connectivity index is 2.62. The first-order valence-electron chi connectivity index (χ1n) is 2.06. The fraction of sp³-hybridized carbons (Fsp3) is 0. The Labute approximate surface area is 45.9 Å². The van der Waals surface area contributed by atoms with Crippen molar-refractivity contribution < 1.29 is 4.79 Å². The predicted octanol–water partition coefficient (Wildman–Crippen LogP) is -0.111. The second-order valence-corrected chi connectivity index (χ2v) is 1.19. The lowest BCUT2D eigenvalue weighted by Gasteiger charge is -1.81. The highest BCUT2D eigenvalue weighted by atomic mass is 16.1. The van der Waals surface area contributed by atoms with E-state index in [1.807, 2.05) is 0 Å². The van der Waals surface area contributed by atoms with E-state index in [0.29, 0.717) is 5.82 Å². The largest absolute Gasteiger partial charge is 0.315 e. The highest BCUT2D eigenvalue weighted by Crippen LogP contribution is 1.93. The normalized spacial score (nSPS) is 8.50. The van der Waals surface area contributed by atoms with Crippen LogP contribution in [0.4, 0.5) is 5.82 Å². The highest BCUT2D eigenvalue weighted by Gasteiger charge is 1.86. The lowest BCUT2D eigenvalue weighted by molar-refractivity contribution is 0.561. The molecule has 0 aromatic carbocycles. The first-order valence-corrected chi connectivity index (χ1v) is 2.06. The number of aromatic nitrogens is 2. The van der Waals surface area contributed by atoms with Gasteiger partial charge in [0.1, 0.15) is 0 Å². The molecule has 0 spiro atoms. The average molecular weight is 110 g/mol. The fourth-order valence-electron chi connectivity index (χ4n) is 0.382. The maximum atomic E-state index is 9.58. The van der Waals surface area contributed by atoms with Gasteiger partial charge in [-0.1, -0.05) is 0 Å². The van der Waals surface area contributed by atoms with Crippen molar-refractivity contribution in [1.29, 1.82) is 0 Å². The Hall–Kier alpha value is -1.32. The number of amides is 1. The number of anilines is 1. The summed E-state index contributed by atoms with van der Waals surface area (Å²) in [6.07, 6.45) is 3.10. The van der Waals surface area contributed by atoms with Crippen molar-refractivity contribution in [2.75, 3.05) is 5.32 Å². The van der Waals surface area contributed by atoms with Gasteiger partial charge >= 0.3 is 6.41 Å². The van der Waals surface area contributed by atoms with Crippen molar-refractivity contribution in [2.45, 2.75) is 0 Å². The lowest BCUT2D eigenvalue weighted by Crippen LogP contribution is -1.92. The van der Waals surface area contributed by atoms with Gasteiger partial charge in [0.25, 0.3) is 0 Å². The van der Waals surface area contributed by atoms with Crippen molar-refractivity contribution in [2.24, 2.45) is 0 Å². The number of hydrogen-bond donors (Lipinski definition) is 2. The number of nitrogens with one attached hydrogen (secondary N) is 2. The molecule has 4 heteroatoms. The molecule has 41 valence electrons. The van der Waals surface area contributed by atoms with Crippen molar-refractivity contribution in [3.05, 3.63) is 12.3 Å². The standard InChI is InChI=1S/C4H4N3O/c8-3-5-4-1-2-6-7-4/h1-2H,(H2,5,6,7,8). The van der Waals surface area contributed by atoms with E-state index >= 15 is 0 Å². The van der Waals surface area contributed by atoms with Crippen LogP contribution in [0.25, 0.3) is 0 Å². The first kappa shape index (κ1) is 4.83. The van der Waals surface area contributed by atoms with Crippen molar-refractivity contribution in [3.8, 4) is 0 Å². The molecule has 0 aliphatic carbocycles. The van der Waals surface area contributed by atoms with Crippen LogP contribution in [0.3, 0.4) is 0 Å².